The summed E-state index contributed by atoms with van der Waals surface area (Å²) in [6.07, 6.45) is 0.759. The molecule has 0 fully saturated rings. The summed E-state index contributed by atoms with van der Waals surface area (Å²) in [5.74, 6) is -1.02. The van der Waals surface area contributed by atoms with Crippen molar-refractivity contribution in [3.05, 3.63) is 54.6 Å². The number of carbonyl (C=O) groups excluding carboxylic acids is 1. The average Bonchev–Trinajstić information content (AvgIpc) is 3.09. The smallest absolute Gasteiger partial charge is 0.244 e. The maximum absolute atomic E-state index is 13.0. The second kappa shape index (κ2) is 8.81. The topological polar surface area (TPSA) is 71.8 Å². The van der Waals surface area contributed by atoms with Gasteiger partial charge in [0.15, 0.2) is 15.0 Å². The average molecular weight is 419 g/mol. The van der Waals surface area contributed by atoms with Crippen LogP contribution in [0, 0.1) is 0 Å². The molecule has 2 aromatic carbocycles. The Bertz CT molecular complexity index is 1010. The number of amides is 1. The molecule has 0 unspecified atom stereocenters. The summed E-state index contributed by atoms with van der Waals surface area (Å²) in [6, 6.07) is 15.7. The lowest BCUT2D eigenvalue weighted by Crippen LogP contribution is -3.05. The van der Waals surface area contributed by atoms with Crippen LogP contribution in [0.2, 0.25) is 0 Å². The maximum atomic E-state index is 13.0. The minimum absolute atomic E-state index is 0.158. The van der Waals surface area contributed by atoms with Crippen LogP contribution in [-0.4, -0.2) is 52.2 Å². The number of quaternary nitrogens is 1. The SMILES string of the molecule is C[NH+](C)CCCN(C(=O)CS(=O)(=O)c1ccccc1)c1nc2ccccc2s1. The van der Waals surface area contributed by atoms with Crippen molar-refractivity contribution in [2.24, 2.45) is 0 Å². The number of rotatable bonds is 8. The van der Waals surface area contributed by atoms with Crippen LogP contribution in [0.4, 0.5) is 5.13 Å². The van der Waals surface area contributed by atoms with Crippen molar-refractivity contribution in [3.8, 4) is 0 Å². The third-order valence-electron chi connectivity index (χ3n) is 4.29. The van der Waals surface area contributed by atoms with E-state index < -0.39 is 21.5 Å². The first-order valence-electron chi connectivity index (χ1n) is 9.09. The number of nitrogens with zero attached hydrogens (tertiary/aromatic N) is 2. The summed E-state index contributed by atoms with van der Waals surface area (Å²) in [4.78, 5) is 20.5. The summed E-state index contributed by atoms with van der Waals surface area (Å²) in [5.41, 5.74) is 0.810. The highest BCUT2D eigenvalue weighted by atomic mass is 32.2. The van der Waals surface area contributed by atoms with Gasteiger partial charge in [0.1, 0.15) is 5.75 Å². The first kappa shape index (κ1) is 20.4. The number of sulfone groups is 1. The van der Waals surface area contributed by atoms with Crippen molar-refractivity contribution in [2.75, 3.05) is 37.8 Å². The van der Waals surface area contributed by atoms with Crippen LogP contribution < -0.4 is 9.80 Å². The van der Waals surface area contributed by atoms with Gasteiger partial charge in [0, 0.05) is 13.0 Å². The zero-order valence-corrected chi connectivity index (χ0v) is 17.6. The number of aromatic nitrogens is 1. The van der Waals surface area contributed by atoms with Crippen LogP contribution in [-0.2, 0) is 14.6 Å². The molecule has 3 aromatic rings. The van der Waals surface area contributed by atoms with E-state index in [1.807, 2.05) is 38.4 Å². The molecule has 0 atom stereocenters. The number of fused-ring (bicyclic) bond motifs is 1. The number of anilines is 1. The Labute approximate surface area is 169 Å². The lowest BCUT2D eigenvalue weighted by atomic mass is 10.3. The molecule has 0 radical (unpaired) electrons. The first-order valence-corrected chi connectivity index (χ1v) is 11.6. The summed E-state index contributed by atoms with van der Waals surface area (Å²) < 4.78 is 26.3. The van der Waals surface area contributed by atoms with Crippen LogP contribution in [0.1, 0.15) is 6.42 Å². The highest BCUT2D eigenvalue weighted by Crippen LogP contribution is 2.29. The molecule has 8 heteroatoms. The maximum Gasteiger partial charge on any atom is 0.244 e. The summed E-state index contributed by atoms with van der Waals surface area (Å²) >= 11 is 1.41. The molecule has 0 bridgehead atoms. The zero-order valence-electron chi connectivity index (χ0n) is 16.0. The second-order valence-electron chi connectivity index (χ2n) is 6.89. The van der Waals surface area contributed by atoms with Gasteiger partial charge in [0.2, 0.25) is 5.91 Å². The van der Waals surface area contributed by atoms with Gasteiger partial charge in [-0.25, -0.2) is 13.4 Å². The van der Waals surface area contributed by atoms with Crippen molar-refractivity contribution >= 4 is 42.4 Å². The van der Waals surface area contributed by atoms with E-state index in [4.69, 9.17) is 0 Å². The van der Waals surface area contributed by atoms with Gasteiger partial charge in [-0.1, -0.05) is 41.7 Å². The fourth-order valence-corrected chi connectivity index (χ4v) is 5.07. The summed E-state index contributed by atoms with van der Waals surface area (Å²) in [7, 11) is 0.387. The molecule has 0 spiro atoms. The number of carbonyl (C=O) groups is 1. The van der Waals surface area contributed by atoms with E-state index >= 15 is 0 Å². The fourth-order valence-electron chi connectivity index (χ4n) is 2.84. The predicted molar refractivity (Wildman–Crippen MR) is 113 cm³/mol. The van der Waals surface area contributed by atoms with Crippen molar-refractivity contribution in [1.82, 2.24) is 4.98 Å². The van der Waals surface area contributed by atoms with E-state index in [1.165, 1.54) is 33.3 Å². The van der Waals surface area contributed by atoms with Gasteiger partial charge in [0.05, 0.1) is 35.8 Å². The lowest BCUT2D eigenvalue weighted by Gasteiger charge is -2.20. The van der Waals surface area contributed by atoms with Crippen molar-refractivity contribution in [1.29, 1.82) is 0 Å². The highest BCUT2D eigenvalue weighted by molar-refractivity contribution is 7.92. The molecule has 1 amide bonds. The van der Waals surface area contributed by atoms with E-state index in [1.54, 1.807) is 18.2 Å². The van der Waals surface area contributed by atoms with Gasteiger partial charge in [-0.05, 0) is 24.3 Å². The van der Waals surface area contributed by atoms with Gasteiger partial charge in [-0.15, -0.1) is 0 Å². The van der Waals surface area contributed by atoms with Crippen molar-refractivity contribution in [2.45, 2.75) is 11.3 Å². The van der Waals surface area contributed by atoms with E-state index in [-0.39, 0.29) is 4.90 Å². The highest BCUT2D eigenvalue weighted by Gasteiger charge is 2.26. The molecule has 0 saturated heterocycles. The zero-order chi connectivity index (χ0) is 20.1. The first-order chi connectivity index (χ1) is 13.4. The number of para-hydroxylation sites is 1. The molecule has 0 aliphatic carbocycles. The van der Waals surface area contributed by atoms with E-state index in [2.05, 4.69) is 4.98 Å². The standard InChI is InChI=1S/C20H23N3O3S2/c1-22(2)13-8-14-23(20-21-17-11-6-7-12-18(17)27-20)19(24)15-28(25,26)16-9-4-3-5-10-16/h3-7,9-12H,8,13-15H2,1-2H3/p+1. The molecule has 3 rings (SSSR count). The van der Waals surface area contributed by atoms with Crippen molar-refractivity contribution < 1.29 is 18.1 Å². The van der Waals surface area contributed by atoms with Crippen LogP contribution in [0.3, 0.4) is 0 Å². The third kappa shape index (κ3) is 4.95. The molecule has 148 valence electrons. The van der Waals surface area contributed by atoms with Crippen LogP contribution in [0.25, 0.3) is 10.2 Å². The van der Waals surface area contributed by atoms with Crippen LogP contribution >= 0.6 is 11.3 Å². The Kier molecular flexibility index (Phi) is 6.43. The molecule has 0 saturated carbocycles. The molecular formula is C20H24N3O3S2+. The fraction of sp³-hybridized carbons (Fsp3) is 0.300. The van der Waals surface area contributed by atoms with Gasteiger partial charge >= 0.3 is 0 Å². The molecule has 1 aromatic heterocycles. The lowest BCUT2D eigenvalue weighted by molar-refractivity contribution is -0.858. The molecule has 1 heterocycles. The van der Waals surface area contributed by atoms with Gasteiger partial charge < -0.3 is 4.90 Å². The third-order valence-corrected chi connectivity index (χ3v) is 6.97. The van der Waals surface area contributed by atoms with Gasteiger partial charge in [0.25, 0.3) is 0 Å². The minimum atomic E-state index is -3.70. The Morgan fingerprint density at radius 3 is 2.43 bits per heavy atom. The van der Waals surface area contributed by atoms with Gasteiger partial charge in [-0.2, -0.15) is 0 Å². The number of hydrogen-bond donors (Lipinski definition) is 1. The molecule has 0 aliphatic rings. The summed E-state index contributed by atoms with van der Waals surface area (Å²) in [6.45, 7) is 1.31. The van der Waals surface area contributed by atoms with E-state index in [0.29, 0.717) is 11.7 Å². The molecule has 28 heavy (non-hydrogen) atoms. The summed E-state index contributed by atoms with van der Waals surface area (Å²) in [5, 5.41) is 0.545. The Hall–Kier alpha value is -2.29. The Morgan fingerprint density at radius 2 is 1.75 bits per heavy atom. The Balaban J connectivity index is 1.86. The predicted octanol–water partition coefficient (Wildman–Crippen LogP) is 1.64. The monoisotopic (exact) mass is 418 g/mol. The van der Waals surface area contributed by atoms with Gasteiger partial charge in [-0.3, -0.25) is 9.69 Å². The second-order valence-corrected chi connectivity index (χ2v) is 9.89. The molecule has 0 aliphatic heterocycles. The van der Waals surface area contributed by atoms with Crippen LogP contribution in [0.15, 0.2) is 59.5 Å². The van der Waals surface area contributed by atoms with E-state index in [9.17, 15) is 13.2 Å². The molecule has 6 nitrogen and oxygen atoms in total. The van der Waals surface area contributed by atoms with E-state index in [0.717, 1.165) is 23.2 Å². The Morgan fingerprint density at radius 1 is 1.07 bits per heavy atom. The minimum Gasteiger partial charge on any atom is -0.340 e. The molecular weight excluding hydrogens is 394 g/mol. The van der Waals surface area contributed by atoms with Crippen molar-refractivity contribution in [3.63, 3.8) is 0 Å². The number of thiazole rings is 1. The van der Waals surface area contributed by atoms with Crippen LogP contribution in [0.5, 0.6) is 0 Å². The number of nitrogens with one attached hydrogen (secondary N) is 1. The quantitative estimate of drug-likeness (QED) is 0.604. The molecule has 1 N–H and O–H groups in total. The number of hydrogen-bond acceptors (Lipinski definition) is 5. The normalized spacial score (nSPS) is 11.8. The number of benzene rings is 2. The largest absolute Gasteiger partial charge is 0.340 e.